The van der Waals surface area contributed by atoms with E-state index in [1.807, 2.05) is 0 Å². The van der Waals surface area contributed by atoms with E-state index < -0.39 is 0 Å². The SMILES string of the molecule is COc1cn(CCN)nn1. The maximum Gasteiger partial charge on any atom is 0.253 e. The van der Waals surface area contributed by atoms with E-state index in [4.69, 9.17) is 10.5 Å². The van der Waals surface area contributed by atoms with Gasteiger partial charge in [0, 0.05) is 6.54 Å². The molecular weight excluding hydrogens is 132 g/mol. The summed E-state index contributed by atoms with van der Waals surface area (Å²) in [5, 5.41) is 7.43. The highest BCUT2D eigenvalue weighted by Gasteiger charge is 1.96. The van der Waals surface area contributed by atoms with E-state index in [2.05, 4.69) is 10.3 Å². The second kappa shape index (κ2) is 3.17. The molecule has 0 bridgehead atoms. The van der Waals surface area contributed by atoms with Gasteiger partial charge in [0.25, 0.3) is 5.88 Å². The third kappa shape index (κ3) is 1.44. The van der Waals surface area contributed by atoms with Crippen LogP contribution in [0.15, 0.2) is 6.20 Å². The maximum atomic E-state index is 5.28. The molecule has 1 aromatic heterocycles. The number of rotatable bonds is 3. The summed E-state index contributed by atoms with van der Waals surface area (Å²) in [7, 11) is 1.55. The first-order valence-electron chi connectivity index (χ1n) is 3.01. The molecule has 0 unspecified atom stereocenters. The van der Waals surface area contributed by atoms with Crippen LogP contribution in [0.2, 0.25) is 0 Å². The van der Waals surface area contributed by atoms with Gasteiger partial charge in [-0.15, -0.1) is 0 Å². The van der Waals surface area contributed by atoms with Gasteiger partial charge in [0.2, 0.25) is 0 Å². The van der Waals surface area contributed by atoms with Crippen molar-refractivity contribution >= 4 is 0 Å². The summed E-state index contributed by atoms with van der Waals surface area (Å²) in [5.74, 6) is 0.522. The molecule has 0 spiro atoms. The number of ether oxygens (including phenoxy) is 1. The molecular formula is C5H10N4O. The number of hydrogen-bond acceptors (Lipinski definition) is 4. The zero-order chi connectivity index (χ0) is 7.40. The molecule has 0 radical (unpaired) electrons. The highest BCUT2D eigenvalue weighted by Crippen LogP contribution is 1.99. The van der Waals surface area contributed by atoms with Crippen LogP contribution in [-0.2, 0) is 6.54 Å². The summed E-state index contributed by atoms with van der Waals surface area (Å²) < 4.78 is 6.44. The standard InChI is InChI=1S/C5H10N4O/c1-10-5-4-9(3-2-6)8-7-5/h4H,2-3,6H2,1H3. The summed E-state index contributed by atoms with van der Waals surface area (Å²) >= 11 is 0. The van der Waals surface area contributed by atoms with Crippen molar-refractivity contribution < 1.29 is 4.74 Å². The molecule has 0 fully saturated rings. The van der Waals surface area contributed by atoms with Crippen LogP contribution in [0.4, 0.5) is 0 Å². The number of aromatic nitrogens is 3. The van der Waals surface area contributed by atoms with Gasteiger partial charge >= 0.3 is 0 Å². The average Bonchev–Trinajstić information content (AvgIpc) is 2.37. The molecule has 0 atom stereocenters. The Morgan fingerprint density at radius 3 is 3.10 bits per heavy atom. The molecule has 1 aromatic rings. The van der Waals surface area contributed by atoms with Gasteiger partial charge in [-0.1, -0.05) is 10.3 Å². The molecule has 0 saturated carbocycles. The number of methoxy groups -OCH3 is 1. The lowest BCUT2D eigenvalue weighted by Crippen LogP contribution is -2.10. The average molecular weight is 142 g/mol. The van der Waals surface area contributed by atoms with Gasteiger partial charge < -0.3 is 10.5 Å². The monoisotopic (exact) mass is 142 g/mol. The molecule has 1 heterocycles. The van der Waals surface area contributed by atoms with Crippen LogP contribution in [0.1, 0.15) is 0 Å². The summed E-state index contributed by atoms with van der Waals surface area (Å²) in [5.41, 5.74) is 5.28. The normalized spacial score (nSPS) is 9.80. The Kier molecular flexibility index (Phi) is 2.22. The first kappa shape index (κ1) is 7.01. The lowest BCUT2D eigenvalue weighted by molar-refractivity contribution is 0.397. The van der Waals surface area contributed by atoms with Gasteiger partial charge in [0.05, 0.1) is 19.9 Å². The van der Waals surface area contributed by atoms with Crippen LogP contribution in [0.5, 0.6) is 5.88 Å². The zero-order valence-corrected chi connectivity index (χ0v) is 5.82. The van der Waals surface area contributed by atoms with E-state index in [1.165, 1.54) is 0 Å². The van der Waals surface area contributed by atoms with Crippen LogP contribution in [-0.4, -0.2) is 28.6 Å². The number of nitrogens with two attached hydrogens (primary N) is 1. The molecule has 0 saturated heterocycles. The van der Waals surface area contributed by atoms with Crippen LogP contribution < -0.4 is 10.5 Å². The third-order valence-electron chi connectivity index (χ3n) is 1.08. The Morgan fingerprint density at radius 2 is 2.60 bits per heavy atom. The largest absolute Gasteiger partial charge is 0.479 e. The molecule has 5 heteroatoms. The highest BCUT2D eigenvalue weighted by molar-refractivity contribution is 4.98. The molecule has 5 nitrogen and oxygen atoms in total. The molecule has 56 valence electrons. The third-order valence-corrected chi connectivity index (χ3v) is 1.08. The second-order valence-electron chi connectivity index (χ2n) is 1.81. The van der Waals surface area contributed by atoms with Crippen molar-refractivity contribution in [2.75, 3.05) is 13.7 Å². The Morgan fingerprint density at radius 1 is 1.80 bits per heavy atom. The van der Waals surface area contributed by atoms with Gasteiger partial charge in [0.1, 0.15) is 0 Å². The summed E-state index contributed by atoms with van der Waals surface area (Å²) in [4.78, 5) is 0. The zero-order valence-electron chi connectivity index (χ0n) is 5.82. The summed E-state index contributed by atoms with van der Waals surface area (Å²) in [6.45, 7) is 1.24. The molecule has 1 rings (SSSR count). The Hall–Kier alpha value is -1.10. The van der Waals surface area contributed by atoms with E-state index in [1.54, 1.807) is 18.0 Å². The molecule has 2 N–H and O–H groups in total. The molecule has 0 aliphatic heterocycles. The van der Waals surface area contributed by atoms with Crippen LogP contribution >= 0.6 is 0 Å². The minimum absolute atomic E-state index is 0.522. The molecule has 0 aliphatic rings. The summed E-state index contributed by atoms with van der Waals surface area (Å²) in [6.07, 6.45) is 1.70. The quantitative estimate of drug-likeness (QED) is 0.602. The van der Waals surface area contributed by atoms with Gasteiger partial charge in [0.15, 0.2) is 0 Å². The van der Waals surface area contributed by atoms with Crippen molar-refractivity contribution in [3.8, 4) is 5.88 Å². The van der Waals surface area contributed by atoms with E-state index in [9.17, 15) is 0 Å². The topological polar surface area (TPSA) is 66.0 Å². The van der Waals surface area contributed by atoms with Crippen molar-refractivity contribution in [1.29, 1.82) is 0 Å². The lowest BCUT2D eigenvalue weighted by Gasteiger charge is -1.92. The predicted octanol–water partition coefficient (Wildman–Crippen LogP) is -0.755. The fourth-order valence-corrected chi connectivity index (χ4v) is 0.616. The van der Waals surface area contributed by atoms with Gasteiger partial charge in [-0.2, -0.15) is 0 Å². The highest BCUT2D eigenvalue weighted by atomic mass is 16.5. The van der Waals surface area contributed by atoms with Crippen molar-refractivity contribution in [2.45, 2.75) is 6.54 Å². The second-order valence-corrected chi connectivity index (χ2v) is 1.81. The summed E-state index contributed by atoms with van der Waals surface area (Å²) in [6, 6.07) is 0. The molecule has 0 aromatic carbocycles. The van der Waals surface area contributed by atoms with E-state index in [0.717, 1.165) is 0 Å². The van der Waals surface area contributed by atoms with E-state index in [0.29, 0.717) is 19.0 Å². The molecule has 10 heavy (non-hydrogen) atoms. The molecule has 0 amide bonds. The van der Waals surface area contributed by atoms with Gasteiger partial charge in [-0.05, 0) is 0 Å². The lowest BCUT2D eigenvalue weighted by atomic mass is 10.6. The van der Waals surface area contributed by atoms with Crippen LogP contribution in [0, 0.1) is 0 Å². The van der Waals surface area contributed by atoms with Crippen molar-refractivity contribution in [2.24, 2.45) is 5.73 Å². The molecule has 0 aliphatic carbocycles. The Balaban J connectivity index is 2.59. The van der Waals surface area contributed by atoms with Gasteiger partial charge in [-0.25, -0.2) is 4.68 Å². The van der Waals surface area contributed by atoms with Crippen LogP contribution in [0.3, 0.4) is 0 Å². The maximum absolute atomic E-state index is 5.28. The minimum atomic E-state index is 0.522. The van der Waals surface area contributed by atoms with Crippen molar-refractivity contribution in [3.05, 3.63) is 6.20 Å². The fourth-order valence-electron chi connectivity index (χ4n) is 0.616. The first-order chi connectivity index (χ1) is 4.86. The smallest absolute Gasteiger partial charge is 0.253 e. The number of hydrogen-bond donors (Lipinski definition) is 1. The number of nitrogens with zero attached hydrogens (tertiary/aromatic N) is 3. The van der Waals surface area contributed by atoms with E-state index in [-0.39, 0.29) is 0 Å². The Bertz CT molecular complexity index is 197. The van der Waals surface area contributed by atoms with Crippen molar-refractivity contribution in [1.82, 2.24) is 15.0 Å². The van der Waals surface area contributed by atoms with Crippen molar-refractivity contribution in [3.63, 3.8) is 0 Å². The van der Waals surface area contributed by atoms with E-state index >= 15 is 0 Å². The first-order valence-corrected chi connectivity index (χ1v) is 3.01. The van der Waals surface area contributed by atoms with Crippen LogP contribution in [0.25, 0.3) is 0 Å². The minimum Gasteiger partial charge on any atom is -0.479 e. The predicted molar refractivity (Wildman–Crippen MR) is 35.6 cm³/mol. The fraction of sp³-hybridized carbons (Fsp3) is 0.600. The Labute approximate surface area is 58.8 Å². The van der Waals surface area contributed by atoms with Gasteiger partial charge in [-0.3, -0.25) is 0 Å².